The summed E-state index contributed by atoms with van der Waals surface area (Å²) in [7, 11) is 2.17. The maximum absolute atomic E-state index is 10.8. The van der Waals surface area contributed by atoms with Crippen molar-refractivity contribution < 1.29 is 9.90 Å². The minimum absolute atomic E-state index is 0.295. The summed E-state index contributed by atoms with van der Waals surface area (Å²) < 4.78 is 0. The summed E-state index contributed by atoms with van der Waals surface area (Å²) in [6.45, 7) is 3.30. The number of aliphatic carboxylic acids is 1. The number of piperidine rings is 1. The molecule has 0 bridgehead atoms. The molecule has 0 spiro atoms. The SMILES string of the molecule is CN1CCC(CC2CNC(C(=O)O)C2)CC1. The van der Waals surface area contributed by atoms with Gasteiger partial charge in [-0.1, -0.05) is 0 Å². The standard InChI is InChI=1S/C12H22N2O2/c1-14-4-2-9(3-5-14)6-10-7-11(12(15)16)13-8-10/h9-11,13H,2-8H2,1H3,(H,15,16). The van der Waals surface area contributed by atoms with Crippen molar-refractivity contribution in [3.8, 4) is 0 Å². The zero-order valence-corrected chi connectivity index (χ0v) is 9.98. The molecule has 2 unspecified atom stereocenters. The summed E-state index contributed by atoms with van der Waals surface area (Å²) >= 11 is 0. The number of likely N-dealkylation sites (tertiary alicyclic amines) is 1. The van der Waals surface area contributed by atoms with Gasteiger partial charge in [-0.3, -0.25) is 4.79 Å². The van der Waals surface area contributed by atoms with Gasteiger partial charge >= 0.3 is 5.97 Å². The normalized spacial score (nSPS) is 33.1. The summed E-state index contributed by atoms with van der Waals surface area (Å²) in [5.74, 6) is 0.705. The van der Waals surface area contributed by atoms with Crippen LogP contribution in [0.1, 0.15) is 25.7 Å². The number of hydrogen-bond acceptors (Lipinski definition) is 3. The molecule has 2 rings (SSSR count). The van der Waals surface area contributed by atoms with Crippen LogP contribution in [0.4, 0.5) is 0 Å². The van der Waals surface area contributed by atoms with Gasteiger partial charge in [-0.2, -0.15) is 0 Å². The van der Waals surface area contributed by atoms with Crippen LogP contribution in [-0.2, 0) is 4.79 Å². The van der Waals surface area contributed by atoms with Crippen molar-refractivity contribution in [1.82, 2.24) is 10.2 Å². The van der Waals surface area contributed by atoms with E-state index in [4.69, 9.17) is 5.11 Å². The molecule has 0 amide bonds. The van der Waals surface area contributed by atoms with Crippen LogP contribution < -0.4 is 5.32 Å². The largest absolute Gasteiger partial charge is 0.480 e. The lowest BCUT2D eigenvalue weighted by molar-refractivity contribution is -0.139. The van der Waals surface area contributed by atoms with Gasteiger partial charge in [0.1, 0.15) is 6.04 Å². The van der Waals surface area contributed by atoms with Crippen LogP contribution in [0.25, 0.3) is 0 Å². The molecular formula is C12H22N2O2. The molecule has 4 nitrogen and oxygen atoms in total. The highest BCUT2D eigenvalue weighted by atomic mass is 16.4. The van der Waals surface area contributed by atoms with Gasteiger partial charge in [0, 0.05) is 0 Å². The highest BCUT2D eigenvalue weighted by molar-refractivity contribution is 5.73. The second-order valence-corrected chi connectivity index (χ2v) is 5.38. The Morgan fingerprint density at radius 2 is 2.06 bits per heavy atom. The molecule has 0 aromatic heterocycles. The Bertz CT molecular complexity index is 249. The van der Waals surface area contributed by atoms with Crippen LogP contribution in [0, 0.1) is 11.8 Å². The first kappa shape index (κ1) is 11.9. The minimum Gasteiger partial charge on any atom is -0.480 e. The Kier molecular flexibility index (Phi) is 3.82. The monoisotopic (exact) mass is 226 g/mol. The van der Waals surface area contributed by atoms with Crippen molar-refractivity contribution in [2.24, 2.45) is 11.8 Å². The molecule has 2 N–H and O–H groups in total. The first-order valence-corrected chi connectivity index (χ1v) is 6.30. The minimum atomic E-state index is -0.689. The molecule has 2 aliphatic rings. The third-order valence-electron chi connectivity index (χ3n) is 4.02. The molecular weight excluding hydrogens is 204 g/mol. The van der Waals surface area contributed by atoms with E-state index in [0.717, 1.165) is 18.9 Å². The molecule has 2 heterocycles. The predicted molar refractivity (Wildman–Crippen MR) is 62.4 cm³/mol. The Morgan fingerprint density at radius 1 is 1.38 bits per heavy atom. The van der Waals surface area contributed by atoms with E-state index in [1.807, 2.05) is 0 Å². The molecule has 2 saturated heterocycles. The topological polar surface area (TPSA) is 52.6 Å². The van der Waals surface area contributed by atoms with Gasteiger partial charge in [-0.25, -0.2) is 0 Å². The van der Waals surface area contributed by atoms with Crippen LogP contribution in [0.2, 0.25) is 0 Å². The van der Waals surface area contributed by atoms with Gasteiger partial charge in [-0.05, 0) is 64.2 Å². The average Bonchev–Trinajstić information content (AvgIpc) is 2.70. The first-order chi connectivity index (χ1) is 7.65. The molecule has 2 aliphatic heterocycles. The van der Waals surface area contributed by atoms with Crippen LogP contribution in [-0.4, -0.2) is 48.7 Å². The maximum Gasteiger partial charge on any atom is 0.320 e. The molecule has 92 valence electrons. The Morgan fingerprint density at radius 3 is 2.62 bits per heavy atom. The Balaban J connectivity index is 1.73. The Hall–Kier alpha value is -0.610. The van der Waals surface area contributed by atoms with Gasteiger partial charge < -0.3 is 15.3 Å². The third kappa shape index (κ3) is 2.95. The summed E-state index contributed by atoms with van der Waals surface area (Å²) in [6, 6.07) is -0.295. The zero-order chi connectivity index (χ0) is 11.5. The van der Waals surface area contributed by atoms with Crippen LogP contribution in [0.5, 0.6) is 0 Å². The van der Waals surface area contributed by atoms with Crippen LogP contribution in [0.3, 0.4) is 0 Å². The number of carboxylic acid groups (broad SMARTS) is 1. The maximum atomic E-state index is 10.8. The number of hydrogen-bond donors (Lipinski definition) is 2. The molecule has 4 heteroatoms. The molecule has 2 atom stereocenters. The smallest absolute Gasteiger partial charge is 0.320 e. The van der Waals surface area contributed by atoms with Gasteiger partial charge in [-0.15, -0.1) is 0 Å². The van der Waals surface area contributed by atoms with E-state index < -0.39 is 5.97 Å². The van der Waals surface area contributed by atoms with E-state index in [1.165, 1.54) is 32.4 Å². The zero-order valence-electron chi connectivity index (χ0n) is 9.98. The van der Waals surface area contributed by atoms with E-state index in [1.54, 1.807) is 0 Å². The van der Waals surface area contributed by atoms with E-state index >= 15 is 0 Å². The molecule has 16 heavy (non-hydrogen) atoms. The fraction of sp³-hybridized carbons (Fsp3) is 0.917. The summed E-state index contributed by atoms with van der Waals surface area (Å²) in [5, 5.41) is 12.0. The number of carbonyl (C=O) groups is 1. The van der Waals surface area contributed by atoms with Crippen molar-refractivity contribution >= 4 is 5.97 Å². The summed E-state index contributed by atoms with van der Waals surface area (Å²) in [6.07, 6.45) is 4.60. The molecule has 0 aromatic carbocycles. The summed E-state index contributed by atoms with van der Waals surface area (Å²) in [5.41, 5.74) is 0. The number of carboxylic acids is 1. The lowest BCUT2D eigenvalue weighted by Crippen LogP contribution is -2.31. The molecule has 0 radical (unpaired) electrons. The summed E-state index contributed by atoms with van der Waals surface area (Å²) in [4.78, 5) is 13.2. The second-order valence-electron chi connectivity index (χ2n) is 5.38. The number of rotatable bonds is 3. The molecule has 0 saturated carbocycles. The number of nitrogens with zero attached hydrogens (tertiary/aromatic N) is 1. The van der Waals surface area contributed by atoms with Crippen molar-refractivity contribution in [3.05, 3.63) is 0 Å². The van der Waals surface area contributed by atoms with Crippen LogP contribution in [0.15, 0.2) is 0 Å². The van der Waals surface area contributed by atoms with Crippen molar-refractivity contribution in [1.29, 1.82) is 0 Å². The van der Waals surface area contributed by atoms with Gasteiger partial charge in [0.15, 0.2) is 0 Å². The predicted octanol–water partition coefficient (Wildman–Crippen LogP) is 0.781. The molecule has 0 aliphatic carbocycles. The van der Waals surface area contributed by atoms with E-state index in [0.29, 0.717) is 5.92 Å². The van der Waals surface area contributed by atoms with Crippen molar-refractivity contribution in [2.75, 3.05) is 26.7 Å². The van der Waals surface area contributed by atoms with Gasteiger partial charge in [0.25, 0.3) is 0 Å². The first-order valence-electron chi connectivity index (χ1n) is 6.30. The van der Waals surface area contributed by atoms with E-state index in [9.17, 15) is 4.79 Å². The fourth-order valence-electron chi connectivity index (χ4n) is 2.95. The average molecular weight is 226 g/mol. The highest BCUT2D eigenvalue weighted by Crippen LogP contribution is 2.28. The van der Waals surface area contributed by atoms with Crippen molar-refractivity contribution in [2.45, 2.75) is 31.7 Å². The van der Waals surface area contributed by atoms with E-state index in [-0.39, 0.29) is 6.04 Å². The molecule has 2 fully saturated rings. The number of nitrogens with one attached hydrogen (secondary N) is 1. The third-order valence-corrected chi connectivity index (χ3v) is 4.02. The van der Waals surface area contributed by atoms with Crippen LogP contribution >= 0.6 is 0 Å². The van der Waals surface area contributed by atoms with E-state index in [2.05, 4.69) is 17.3 Å². The second kappa shape index (κ2) is 5.15. The highest BCUT2D eigenvalue weighted by Gasteiger charge is 2.31. The van der Waals surface area contributed by atoms with Gasteiger partial charge in [0.05, 0.1) is 0 Å². The fourth-order valence-corrected chi connectivity index (χ4v) is 2.95. The lowest BCUT2D eigenvalue weighted by atomic mass is 9.86. The van der Waals surface area contributed by atoms with Gasteiger partial charge in [0.2, 0.25) is 0 Å². The molecule has 0 aromatic rings. The quantitative estimate of drug-likeness (QED) is 0.747. The Labute approximate surface area is 97.0 Å². The lowest BCUT2D eigenvalue weighted by Gasteiger charge is -2.30. The van der Waals surface area contributed by atoms with Crippen molar-refractivity contribution in [3.63, 3.8) is 0 Å².